The predicted octanol–water partition coefficient (Wildman–Crippen LogP) is 5.24. The van der Waals surface area contributed by atoms with Crippen LogP contribution in [0.15, 0.2) is 89.1 Å². The summed E-state index contributed by atoms with van der Waals surface area (Å²) in [7, 11) is -1.51. The zero-order chi connectivity index (χ0) is 29.4. The van der Waals surface area contributed by atoms with Gasteiger partial charge in [0.15, 0.2) is 0 Å². The molecule has 0 radical (unpaired) electrons. The number of sulfonamides is 1. The minimum atomic E-state index is -3.65. The molecule has 1 fully saturated rings. The summed E-state index contributed by atoms with van der Waals surface area (Å²) < 4.78 is 29.1. The lowest BCUT2D eigenvalue weighted by molar-refractivity contribution is 0.150. The first-order valence-electron chi connectivity index (χ1n) is 14.6. The molecule has 42 heavy (non-hydrogen) atoms. The quantitative estimate of drug-likeness (QED) is 0.226. The van der Waals surface area contributed by atoms with E-state index >= 15 is 0 Å². The molecule has 9 heteroatoms. The Labute approximate surface area is 254 Å². The molecule has 2 heterocycles. The summed E-state index contributed by atoms with van der Waals surface area (Å²) in [4.78, 5) is 9.96. The standard InChI is InChI=1S/C33H41N5O2S2/c1-27-9-15-32(16-10-27)42(39,40)38(18-6-17-37-21-19-36(2)20-22-37)25-31-26-41-33(35-31)30-13-11-29(12-14-30)24-34-23-28-7-4-3-5-8-28/h3-5,7-16,26,34H,6,17-25H2,1-2H3. The van der Waals surface area contributed by atoms with E-state index in [-0.39, 0.29) is 6.54 Å². The van der Waals surface area contributed by atoms with Gasteiger partial charge in [-0.3, -0.25) is 0 Å². The second-order valence-electron chi connectivity index (χ2n) is 11.1. The van der Waals surface area contributed by atoms with Crippen LogP contribution >= 0.6 is 11.3 Å². The number of hydrogen-bond acceptors (Lipinski definition) is 7. The van der Waals surface area contributed by atoms with Crippen LogP contribution in [-0.2, 0) is 29.7 Å². The average Bonchev–Trinajstić information content (AvgIpc) is 3.47. The molecule has 0 saturated carbocycles. The molecule has 1 saturated heterocycles. The maximum absolute atomic E-state index is 13.7. The van der Waals surface area contributed by atoms with Crippen LogP contribution in [0, 0.1) is 6.92 Å². The Morgan fingerprint density at radius 2 is 1.55 bits per heavy atom. The Kier molecular flexibility index (Phi) is 10.5. The lowest BCUT2D eigenvalue weighted by Gasteiger charge is -2.32. The van der Waals surface area contributed by atoms with Gasteiger partial charge in [-0.25, -0.2) is 13.4 Å². The van der Waals surface area contributed by atoms with Gasteiger partial charge in [-0.2, -0.15) is 4.31 Å². The highest BCUT2D eigenvalue weighted by atomic mass is 32.2. The molecule has 5 rings (SSSR count). The van der Waals surface area contributed by atoms with Crippen LogP contribution in [0.5, 0.6) is 0 Å². The summed E-state index contributed by atoms with van der Waals surface area (Å²) in [6.45, 7) is 9.36. The zero-order valence-electron chi connectivity index (χ0n) is 24.6. The SMILES string of the molecule is Cc1ccc(S(=O)(=O)N(CCCN2CCN(C)CC2)Cc2csc(-c3ccc(CNCc4ccccc4)cc3)n2)cc1. The molecule has 3 aromatic carbocycles. The van der Waals surface area contributed by atoms with Gasteiger partial charge in [0.25, 0.3) is 0 Å². The van der Waals surface area contributed by atoms with Gasteiger partial charge in [0.2, 0.25) is 10.0 Å². The van der Waals surface area contributed by atoms with Gasteiger partial charge in [-0.05, 0) is 50.2 Å². The van der Waals surface area contributed by atoms with Gasteiger partial charge in [0, 0.05) is 56.8 Å². The Morgan fingerprint density at radius 1 is 0.881 bits per heavy atom. The molecular weight excluding hydrogens is 563 g/mol. The maximum atomic E-state index is 13.7. The highest BCUT2D eigenvalue weighted by molar-refractivity contribution is 7.89. The third kappa shape index (κ3) is 8.34. The number of benzene rings is 3. The summed E-state index contributed by atoms with van der Waals surface area (Å²) in [6.07, 6.45) is 0.783. The topological polar surface area (TPSA) is 68.8 Å². The first kappa shape index (κ1) is 30.5. The molecule has 0 aliphatic carbocycles. The molecule has 0 bridgehead atoms. The van der Waals surface area contributed by atoms with Crippen molar-refractivity contribution >= 4 is 21.4 Å². The fraction of sp³-hybridized carbons (Fsp3) is 0.364. The van der Waals surface area contributed by atoms with Crippen molar-refractivity contribution in [2.24, 2.45) is 0 Å². The van der Waals surface area contributed by atoms with Crippen LogP contribution in [0.25, 0.3) is 10.6 Å². The molecule has 1 aliphatic rings. The minimum Gasteiger partial charge on any atom is -0.309 e. The molecule has 1 N–H and O–H groups in total. The van der Waals surface area contributed by atoms with Gasteiger partial charge in [-0.15, -0.1) is 11.3 Å². The summed E-state index contributed by atoms with van der Waals surface area (Å²) in [5.41, 5.74) is 5.34. The van der Waals surface area contributed by atoms with E-state index in [4.69, 9.17) is 4.98 Å². The summed E-state index contributed by atoms with van der Waals surface area (Å²) in [6, 6.07) is 26.0. The number of thiazole rings is 1. The number of piperazine rings is 1. The molecule has 1 aliphatic heterocycles. The zero-order valence-corrected chi connectivity index (χ0v) is 26.2. The Balaban J connectivity index is 1.23. The monoisotopic (exact) mass is 603 g/mol. The number of aryl methyl sites for hydroxylation is 1. The van der Waals surface area contributed by atoms with Crippen LogP contribution < -0.4 is 5.32 Å². The van der Waals surface area contributed by atoms with Crippen molar-refractivity contribution in [3.63, 3.8) is 0 Å². The average molecular weight is 604 g/mol. The van der Waals surface area contributed by atoms with Crippen LogP contribution in [0.2, 0.25) is 0 Å². The van der Waals surface area contributed by atoms with Crippen molar-refractivity contribution in [2.75, 3.05) is 46.3 Å². The summed E-state index contributed by atoms with van der Waals surface area (Å²) in [5, 5.41) is 6.38. The Bertz CT molecular complexity index is 1500. The van der Waals surface area contributed by atoms with Crippen LogP contribution in [0.1, 0.15) is 28.8 Å². The van der Waals surface area contributed by atoms with E-state index in [0.29, 0.717) is 11.4 Å². The van der Waals surface area contributed by atoms with E-state index in [1.807, 2.05) is 30.5 Å². The van der Waals surface area contributed by atoms with Crippen molar-refractivity contribution in [3.8, 4) is 10.6 Å². The fourth-order valence-corrected chi connectivity index (χ4v) is 7.36. The van der Waals surface area contributed by atoms with Crippen molar-refractivity contribution in [1.29, 1.82) is 0 Å². The number of hydrogen-bond donors (Lipinski definition) is 1. The van der Waals surface area contributed by atoms with Crippen molar-refractivity contribution < 1.29 is 8.42 Å². The number of aromatic nitrogens is 1. The van der Waals surface area contributed by atoms with Crippen molar-refractivity contribution in [3.05, 3.63) is 107 Å². The normalized spacial score (nSPS) is 14.9. The van der Waals surface area contributed by atoms with E-state index < -0.39 is 10.0 Å². The van der Waals surface area contributed by atoms with Gasteiger partial charge in [0.1, 0.15) is 5.01 Å². The van der Waals surface area contributed by atoms with Gasteiger partial charge in [-0.1, -0.05) is 72.3 Å². The fourth-order valence-electron chi connectivity index (χ4n) is 5.09. The van der Waals surface area contributed by atoms with E-state index in [1.165, 1.54) is 11.1 Å². The third-order valence-corrected chi connectivity index (χ3v) is 10.5. The molecular formula is C33H41N5O2S2. The Morgan fingerprint density at radius 3 is 2.24 bits per heavy atom. The van der Waals surface area contributed by atoms with Gasteiger partial charge < -0.3 is 15.1 Å². The molecule has 0 spiro atoms. The van der Waals surface area contributed by atoms with Crippen LogP contribution in [-0.4, -0.2) is 73.8 Å². The van der Waals surface area contributed by atoms with Crippen LogP contribution in [0.3, 0.4) is 0 Å². The summed E-state index contributed by atoms with van der Waals surface area (Å²) in [5.74, 6) is 0. The predicted molar refractivity (Wildman–Crippen MR) is 172 cm³/mol. The van der Waals surface area contributed by atoms with E-state index in [2.05, 4.69) is 70.7 Å². The largest absolute Gasteiger partial charge is 0.309 e. The third-order valence-electron chi connectivity index (χ3n) is 7.73. The first-order chi connectivity index (χ1) is 20.4. The molecule has 0 amide bonds. The van der Waals surface area contributed by atoms with Crippen molar-refractivity contribution in [1.82, 2.24) is 24.4 Å². The van der Waals surface area contributed by atoms with Crippen molar-refractivity contribution in [2.45, 2.75) is 37.9 Å². The second kappa shape index (κ2) is 14.5. The number of nitrogens with zero attached hydrogens (tertiary/aromatic N) is 4. The van der Waals surface area contributed by atoms with Crippen LogP contribution in [0.4, 0.5) is 0 Å². The number of likely N-dealkylation sites (N-methyl/N-ethyl adjacent to an activating group) is 1. The van der Waals surface area contributed by atoms with E-state index in [0.717, 1.165) is 74.1 Å². The maximum Gasteiger partial charge on any atom is 0.243 e. The highest BCUT2D eigenvalue weighted by Gasteiger charge is 2.26. The Hall–Kier alpha value is -2.92. The molecule has 7 nitrogen and oxygen atoms in total. The van der Waals surface area contributed by atoms with E-state index in [9.17, 15) is 8.42 Å². The number of nitrogens with one attached hydrogen (secondary N) is 1. The smallest absolute Gasteiger partial charge is 0.243 e. The molecule has 0 unspecified atom stereocenters. The number of rotatable bonds is 13. The highest BCUT2D eigenvalue weighted by Crippen LogP contribution is 2.26. The molecule has 1 aromatic heterocycles. The summed E-state index contributed by atoms with van der Waals surface area (Å²) >= 11 is 1.56. The molecule has 222 valence electrons. The molecule has 4 aromatic rings. The van der Waals surface area contributed by atoms with Gasteiger partial charge in [0.05, 0.1) is 17.1 Å². The van der Waals surface area contributed by atoms with E-state index in [1.54, 1.807) is 27.8 Å². The molecule has 0 atom stereocenters. The lowest BCUT2D eigenvalue weighted by Crippen LogP contribution is -2.45. The van der Waals surface area contributed by atoms with Gasteiger partial charge >= 0.3 is 0 Å². The minimum absolute atomic E-state index is 0.261. The second-order valence-corrected chi connectivity index (χ2v) is 13.9. The first-order valence-corrected chi connectivity index (χ1v) is 16.9. The lowest BCUT2D eigenvalue weighted by atomic mass is 10.1.